The number of hydrogen-bond donors (Lipinski definition) is 1. The lowest BCUT2D eigenvalue weighted by atomic mass is 10.1. The first-order valence-corrected chi connectivity index (χ1v) is 6.07. The molecule has 0 unspecified atom stereocenters. The van der Waals surface area contributed by atoms with Crippen LogP contribution in [0.2, 0.25) is 0 Å². The highest BCUT2D eigenvalue weighted by molar-refractivity contribution is 4.99. The van der Waals surface area contributed by atoms with Gasteiger partial charge in [-0.3, -0.25) is 4.68 Å². The zero-order chi connectivity index (χ0) is 14.5. The minimum Gasteiger partial charge on any atom is -0.370 e. The van der Waals surface area contributed by atoms with Crippen molar-refractivity contribution in [2.24, 2.45) is 0 Å². The van der Waals surface area contributed by atoms with Gasteiger partial charge in [0.1, 0.15) is 6.61 Å². The van der Waals surface area contributed by atoms with E-state index in [9.17, 15) is 13.2 Å². The van der Waals surface area contributed by atoms with Crippen LogP contribution in [0, 0.1) is 0 Å². The van der Waals surface area contributed by atoms with Gasteiger partial charge < -0.3 is 10.1 Å². The fraction of sp³-hybridized carbons (Fsp3) is 0.750. The van der Waals surface area contributed by atoms with Crippen LogP contribution in [0.25, 0.3) is 0 Å². The summed E-state index contributed by atoms with van der Waals surface area (Å²) < 4.78 is 41.6. The molecule has 1 aromatic heterocycles. The molecule has 0 atom stereocenters. The zero-order valence-corrected chi connectivity index (χ0v) is 11.4. The Bertz CT molecular complexity index is 382. The molecule has 110 valence electrons. The van der Waals surface area contributed by atoms with Crippen LogP contribution in [0.5, 0.6) is 0 Å². The molecule has 0 radical (unpaired) electrons. The average molecular weight is 279 g/mol. The van der Waals surface area contributed by atoms with E-state index in [1.54, 1.807) is 10.9 Å². The van der Waals surface area contributed by atoms with Crippen LogP contribution >= 0.6 is 0 Å². The fourth-order valence-electron chi connectivity index (χ4n) is 1.32. The van der Waals surface area contributed by atoms with Crippen molar-refractivity contribution in [3.63, 3.8) is 0 Å². The standard InChI is InChI=1S/C12H20F3N3O/c1-11(2,3)16-8-10-4-5-18(17-10)6-7-19-9-12(13,14)15/h4-5,16H,6-9H2,1-3H3. The van der Waals surface area contributed by atoms with Gasteiger partial charge in [0.05, 0.1) is 18.8 Å². The van der Waals surface area contributed by atoms with E-state index in [1.165, 1.54) is 0 Å². The van der Waals surface area contributed by atoms with Crippen molar-refractivity contribution in [2.45, 2.75) is 45.6 Å². The van der Waals surface area contributed by atoms with Gasteiger partial charge in [0.15, 0.2) is 0 Å². The lowest BCUT2D eigenvalue weighted by Crippen LogP contribution is -2.35. The minimum absolute atomic E-state index is 0.000397. The summed E-state index contributed by atoms with van der Waals surface area (Å²) in [5, 5.41) is 7.52. The normalized spacial score (nSPS) is 12.9. The Morgan fingerprint density at radius 3 is 2.58 bits per heavy atom. The largest absolute Gasteiger partial charge is 0.411 e. The van der Waals surface area contributed by atoms with Gasteiger partial charge in [-0.1, -0.05) is 0 Å². The maximum atomic E-state index is 11.8. The number of alkyl halides is 3. The van der Waals surface area contributed by atoms with Gasteiger partial charge in [-0.15, -0.1) is 0 Å². The van der Waals surface area contributed by atoms with E-state index in [2.05, 4.69) is 35.9 Å². The first-order chi connectivity index (χ1) is 8.66. The number of rotatable bonds is 6. The number of hydrogen-bond acceptors (Lipinski definition) is 3. The predicted octanol–water partition coefficient (Wildman–Crippen LogP) is 2.35. The van der Waals surface area contributed by atoms with Crippen LogP contribution in [-0.2, 0) is 17.8 Å². The molecule has 0 aromatic carbocycles. The second kappa shape index (κ2) is 6.38. The number of aromatic nitrogens is 2. The molecular weight excluding hydrogens is 259 g/mol. The summed E-state index contributed by atoms with van der Waals surface area (Å²) in [4.78, 5) is 0. The Morgan fingerprint density at radius 1 is 1.32 bits per heavy atom. The molecule has 1 aromatic rings. The maximum absolute atomic E-state index is 11.8. The van der Waals surface area contributed by atoms with Gasteiger partial charge in [-0.2, -0.15) is 18.3 Å². The molecule has 0 aliphatic carbocycles. The second-order valence-electron chi connectivity index (χ2n) is 5.34. The molecule has 0 spiro atoms. The first-order valence-electron chi connectivity index (χ1n) is 6.07. The quantitative estimate of drug-likeness (QED) is 0.812. The van der Waals surface area contributed by atoms with Crippen molar-refractivity contribution in [3.8, 4) is 0 Å². The fourth-order valence-corrected chi connectivity index (χ4v) is 1.32. The smallest absolute Gasteiger partial charge is 0.370 e. The van der Waals surface area contributed by atoms with E-state index >= 15 is 0 Å². The van der Waals surface area contributed by atoms with Crippen LogP contribution in [-0.4, -0.2) is 34.7 Å². The molecule has 19 heavy (non-hydrogen) atoms. The topological polar surface area (TPSA) is 39.1 Å². The van der Waals surface area contributed by atoms with Gasteiger partial charge in [-0.25, -0.2) is 0 Å². The summed E-state index contributed by atoms with van der Waals surface area (Å²) in [6, 6.07) is 1.84. The lowest BCUT2D eigenvalue weighted by molar-refractivity contribution is -0.174. The molecule has 0 amide bonds. The Hall–Kier alpha value is -1.08. The van der Waals surface area contributed by atoms with Crippen LogP contribution < -0.4 is 5.32 Å². The molecule has 0 fully saturated rings. The van der Waals surface area contributed by atoms with Crippen molar-refractivity contribution >= 4 is 0 Å². The van der Waals surface area contributed by atoms with E-state index in [4.69, 9.17) is 0 Å². The molecule has 1 rings (SSSR count). The summed E-state index contributed by atoms with van der Waals surface area (Å²) >= 11 is 0. The molecule has 0 saturated heterocycles. The van der Waals surface area contributed by atoms with Gasteiger partial charge in [0.2, 0.25) is 0 Å². The molecule has 0 aliphatic rings. The van der Waals surface area contributed by atoms with E-state index in [0.29, 0.717) is 13.1 Å². The van der Waals surface area contributed by atoms with E-state index in [-0.39, 0.29) is 12.1 Å². The third-order valence-electron chi connectivity index (χ3n) is 2.23. The average Bonchev–Trinajstić information content (AvgIpc) is 2.67. The van der Waals surface area contributed by atoms with E-state index in [1.807, 2.05) is 6.07 Å². The molecule has 4 nitrogen and oxygen atoms in total. The van der Waals surface area contributed by atoms with Crippen molar-refractivity contribution in [1.29, 1.82) is 0 Å². The maximum Gasteiger partial charge on any atom is 0.411 e. The van der Waals surface area contributed by atoms with Crippen molar-refractivity contribution in [3.05, 3.63) is 18.0 Å². The monoisotopic (exact) mass is 279 g/mol. The van der Waals surface area contributed by atoms with Crippen molar-refractivity contribution in [2.75, 3.05) is 13.2 Å². The van der Waals surface area contributed by atoms with Crippen molar-refractivity contribution in [1.82, 2.24) is 15.1 Å². The highest BCUT2D eigenvalue weighted by Gasteiger charge is 2.27. The Labute approximate surface area is 110 Å². The molecule has 1 N–H and O–H groups in total. The molecule has 0 aliphatic heterocycles. The predicted molar refractivity (Wildman–Crippen MR) is 65.7 cm³/mol. The van der Waals surface area contributed by atoms with Crippen molar-refractivity contribution < 1.29 is 17.9 Å². The van der Waals surface area contributed by atoms with Crippen LogP contribution in [0.4, 0.5) is 13.2 Å². The summed E-state index contributed by atoms with van der Waals surface area (Å²) in [5.74, 6) is 0. The van der Waals surface area contributed by atoms with Crippen LogP contribution in [0.3, 0.4) is 0 Å². The van der Waals surface area contributed by atoms with Crippen LogP contribution in [0.15, 0.2) is 12.3 Å². The molecular formula is C12H20F3N3O. The SMILES string of the molecule is CC(C)(C)NCc1ccn(CCOCC(F)(F)F)n1. The second-order valence-corrected chi connectivity index (χ2v) is 5.34. The highest BCUT2D eigenvalue weighted by Crippen LogP contribution is 2.14. The molecule has 0 bridgehead atoms. The number of nitrogens with zero attached hydrogens (tertiary/aromatic N) is 2. The third kappa shape index (κ3) is 7.84. The van der Waals surface area contributed by atoms with Gasteiger partial charge in [0.25, 0.3) is 0 Å². The lowest BCUT2D eigenvalue weighted by Gasteiger charge is -2.19. The minimum atomic E-state index is -4.27. The van der Waals surface area contributed by atoms with Crippen LogP contribution in [0.1, 0.15) is 26.5 Å². The highest BCUT2D eigenvalue weighted by atomic mass is 19.4. The van der Waals surface area contributed by atoms with Gasteiger partial charge in [-0.05, 0) is 26.8 Å². The Kier molecular flexibility index (Phi) is 5.37. The number of halogens is 3. The zero-order valence-electron chi connectivity index (χ0n) is 11.4. The third-order valence-corrected chi connectivity index (χ3v) is 2.23. The summed E-state index contributed by atoms with van der Waals surface area (Å²) in [7, 11) is 0. The summed E-state index contributed by atoms with van der Waals surface area (Å²) in [6.45, 7) is 5.87. The Morgan fingerprint density at radius 2 is 2.00 bits per heavy atom. The van der Waals surface area contributed by atoms with E-state index in [0.717, 1.165) is 5.69 Å². The van der Waals surface area contributed by atoms with Gasteiger partial charge in [0, 0.05) is 18.3 Å². The molecule has 1 heterocycles. The summed E-state index contributed by atoms with van der Waals surface area (Å²) in [5.41, 5.74) is 0.852. The summed E-state index contributed by atoms with van der Waals surface area (Å²) in [6.07, 6.45) is -2.54. The van der Waals surface area contributed by atoms with Gasteiger partial charge >= 0.3 is 6.18 Å². The number of ether oxygens (including phenoxy) is 1. The first kappa shape index (κ1) is 16.0. The van der Waals surface area contributed by atoms with E-state index < -0.39 is 12.8 Å². The Balaban J connectivity index is 2.27. The molecule has 7 heteroatoms. The molecule has 0 saturated carbocycles. The number of nitrogens with one attached hydrogen (secondary N) is 1.